The van der Waals surface area contributed by atoms with Crippen molar-refractivity contribution in [1.29, 1.82) is 0 Å². The number of nitrogens with two attached hydrogens (primary N) is 1. The van der Waals surface area contributed by atoms with Crippen molar-refractivity contribution in [2.45, 2.75) is 90.0 Å². The molecule has 2 nitrogen and oxygen atoms in total. The van der Waals surface area contributed by atoms with Crippen LogP contribution in [0.15, 0.2) is 18.2 Å². The Labute approximate surface area is 148 Å². The molecule has 1 aromatic rings. The lowest BCUT2D eigenvalue weighted by Gasteiger charge is -2.37. The fraction of sp³-hybridized carbons (Fsp3) is 0.727. The molecule has 0 radical (unpaired) electrons. The second kappa shape index (κ2) is 9.58. The number of aryl methyl sites for hydroxylation is 2. The van der Waals surface area contributed by atoms with Crippen molar-refractivity contribution in [3.63, 3.8) is 0 Å². The number of unbranched alkanes of at least 4 members (excludes halogenated alkanes) is 5. The summed E-state index contributed by atoms with van der Waals surface area (Å²) in [6.07, 6.45) is 13.5. The first-order chi connectivity index (χ1) is 11.6. The van der Waals surface area contributed by atoms with Gasteiger partial charge in [-0.05, 0) is 68.1 Å². The molecule has 1 aliphatic rings. The molecule has 0 saturated heterocycles. The van der Waals surface area contributed by atoms with Crippen LogP contribution >= 0.6 is 0 Å². The van der Waals surface area contributed by atoms with Gasteiger partial charge >= 0.3 is 0 Å². The van der Waals surface area contributed by atoms with Crippen LogP contribution in [0.3, 0.4) is 0 Å². The van der Waals surface area contributed by atoms with E-state index in [1.54, 1.807) is 0 Å². The molecule has 136 valence electrons. The van der Waals surface area contributed by atoms with Gasteiger partial charge in [-0.15, -0.1) is 0 Å². The Hall–Kier alpha value is -0.860. The normalized spacial score (nSPS) is 19.8. The lowest BCUT2D eigenvalue weighted by atomic mass is 9.72. The number of hydrogen-bond acceptors (Lipinski definition) is 2. The molecule has 0 aromatic heterocycles. The van der Waals surface area contributed by atoms with E-state index in [0.717, 1.165) is 19.3 Å². The van der Waals surface area contributed by atoms with Gasteiger partial charge < -0.3 is 10.8 Å². The monoisotopic (exact) mass is 331 g/mol. The molecule has 0 fully saturated rings. The quantitative estimate of drug-likeness (QED) is 0.605. The maximum absolute atomic E-state index is 9.23. The smallest absolute Gasteiger partial charge is 0.0448 e. The first-order valence-electron chi connectivity index (χ1n) is 10.1. The van der Waals surface area contributed by atoms with E-state index in [0.29, 0.717) is 12.3 Å². The summed E-state index contributed by atoms with van der Waals surface area (Å²) in [6.45, 7) is 4.56. The van der Waals surface area contributed by atoms with Crippen molar-refractivity contribution < 1.29 is 5.11 Å². The predicted octanol–water partition coefficient (Wildman–Crippen LogP) is 4.79. The van der Waals surface area contributed by atoms with E-state index in [1.807, 2.05) is 0 Å². The van der Waals surface area contributed by atoms with E-state index in [1.165, 1.54) is 61.6 Å². The van der Waals surface area contributed by atoms with Crippen LogP contribution in [-0.2, 0) is 19.3 Å². The molecular formula is C22H37NO. The minimum atomic E-state index is -0.246. The van der Waals surface area contributed by atoms with Gasteiger partial charge in [0.1, 0.15) is 0 Å². The summed E-state index contributed by atoms with van der Waals surface area (Å²) in [7, 11) is 0. The SMILES string of the molecule is CCCCCCCCc1ccc2c(c1)CCC([C@@](C)(N)CCO)C2. The second-order valence-corrected chi connectivity index (χ2v) is 8.04. The summed E-state index contributed by atoms with van der Waals surface area (Å²) in [6, 6.07) is 7.10. The Bertz CT molecular complexity index is 495. The molecule has 1 unspecified atom stereocenters. The second-order valence-electron chi connectivity index (χ2n) is 8.04. The van der Waals surface area contributed by atoms with Crippen molar-refractivity contribution in [1.82, 2.24) is 0 Å². The van der Waals surface area contributed by atoms with Gasteiger partial charge in [-0.25, -0.2) is 0 Å². The fourth-order valence-electron chi connectivity index (χ4n) is 4.08. The highest BCUT2D eigenvalue weighted by Gasteiger charge is 2.32. The van der Waals surface area contributed by atoms with Crippen molar-refractivity contribution in [2.75, 3.05) is 6.61 Å². The van der Waals surface area contributed by atoms with Crippen molar-refractivity contribution >= 4 is 0 Å². The van der Waals surface area contributed by atoms with Crippen LogP contribution in [-0.4, -0.2) is 17.3 Å². The summed E-state index contributed by atoms with van der Waals surface area (Å²) in [5.41, 5.74) is 10.7. The van der Waals surface area contributed by atoms with Gasteiger partial charge in [0.15, 0.2) is 0 Å². The first-order valence-corrected chi connectivity index (χ1v) is 10.1. The molecule has 2 atom stereocenters. The Morgan fingerprint density at radius 2 is 1.88 bits per heavy atom. The van der Waals surface area contributed by atoms with Gasteiger partial charge in [0, 0.05) is 12.1 Å². The van der Waals surface area contributed by atoms with E-state index >= 15 is 0 Å². The van der Waals surface area contributed by atoms with Crippen LogP contribution in [0.4, 0.5) is 0 Å². The largest absolute Gasteiger partial charge is 0.396 e. The number of rotatable bonds is 10. The van der Waals surface area contributed by atoms with E-state index in [9.17, 15) is 5.11 Å². The summed E-state index contributed by atoms with van der Waals surface area (Å²) in [5.74, 6) is 0.488. The van der Waals surface area contributed by atoms with E-state index in [-0.39, 0.29) is 12.1 Å². The molecule has 0 heterocycles. The molecule has 24 heavy (non-hydrogen) atoms. The maximum Gasteiger partial charge on any atom is 0.0448 e. The average molecular weight is 332 g/mol. The molecule has 0 aliphatic heterocycles. The van der Waals surface area contributed by atoms with Crippen LogP contribution < -0.4 is 5.73 Å². The molecule has 2 heteroatoms. The Morgan fingerprint density at radius 1 is 1.12 bits per heavy atom. The van der Waals surface area contributed by atoms with Gasteiger partial charge in [0.25, 0.3) is 0 Å². The van der Waals surface area contributed by atoms with Crippen LogP contribution in [0.5, 0.6) is 0 Å². The number of benzene rings is 1. The van der Waals surface area contributed by atoms with Gasteiger partial charge in [-0.1, -0.05) is 57.2 Å². The minimum absolute atomic E-state index is 0.188. The van der Waals surface area contributed by atoms with Gasteiger partial charge in [0.2, 0.25) is 0 Å². The van der Waals surface area contributed by atoms with Crippen LogP contribution in [0.25, 0.3) is 0 Å². The summed E-state index contributed by atoms with van der Waals surface area (Å²) in [4.78, 5) is 0. The highest BCUT2D eigenvalue weighted by Crippen LogP contribution is 2.33. The number of fused-ring (bicyclic) bond motifs is 1. The number of aliphatic hydroxyl groups is 1. The third-order valence-corrected chi connectivity index (χ3v) is 5.90. The lowest BCUT2D eigenvalue weighted by molar-refractivity contribution is 0.188. The summed E-state index contributed by atoms with van der Waals surface area (Å²) in [5, 5.41) is 9.23. The number of hydrogen-bond donors (Lipinski definition) is 2. The summed E-state index contributed by atoms with van der Waals surface area (Å²) >= 11 is 0. The zero-order chi connectivity index (χ0) is 17.4. The van der Waals surface area contributed by atoms with Gasteiger partial charge in [-0.3, -0.25) is 0 Å². The molecule has 0 saturated carbocycles. The maximum atomic E-state index is 9.23. The molecule has 1 aliphatic carbocycles. The molecule has 0 spiro atoms. The Balaban J connectivity index is 1.85. The third-order valence-electron chi connectivity index (χ3n) is 5.90. The van der Waals surface area contributed by atoms with Gasteiger partial charge in [0.05, 0.1) is 0 Å². The average Bonchev–Trinajstić information content (AvgIpc) is 2.57. The zero-order valence-electron chi connectivity index (χ0n) is 15.8. The predicted molar refractivity (Wildman–Crippen MR) is 103 cm³/mol. The molecule has 2 rings (SSSR count). The van der Waals surface area contributed by atoms with Crippen LogP contribution in [0.2, 0.25) is 0 Å². The Kier molecular flexibility index (Phi) is 7.77. The number of aliphatic hydroxyl groups excluding tert-OH is 1. The first kappa shape index (κ1) is 19.5. The molecule has 3 N–H and O–H groups in total. The van der Waals surface area contributed by atoms with Crippen molar-refractivity contribution in [3.05, 3.63) is 34.9 Å². The molecule has 1 aromatic carbocycles. The van der Waals surface area contributed by atoms with Gasteiger partial charge in [-0.2, -0.15) is 0 Å². The standard InChI is InChI=1S/C22H37NO/c1-3-4-5-6-7-8-9-18-10-11-20-17-21(13-12-19(20)16-18)22(2,23)14-15-24/h10-11,16,21,24H,3-9,12-15,17,23H2,1-2H3/t21?,22-/m0/s1. The van der Waals surface area contributed by atoms with Crippen LogP contribution in [0.1, 0.15) is 81.9 Å². The molecule has 0 amide bonds. The van der Waals surface area contributed by atoms with E-state index in [4.69, 9.17) is 5.73 Å². The summed E-state index contributed by atoms with van der Waals surface area (Å²) < 4.78 is 0. The highest BCUT2D eigenvalue weighted by atomic mass is 16.3. The third kappa shape index (κ3) is 5.60. The van der Waals surface area contributed by atoms with Crippen LogP contribution in [0, 0.1) is 5.92 Å². The highest BCUT2D eigenvalue weighted by molar-refractivity contribution is 5.35. The molecule has 0 bridgehead atoms. The zero-order valence-corrected chi connectivity index (χ0v) is 15.8. The fourth-order valence-corrected chi connectivity index (χ4v) is 4.08. The van der Waals surface area contributed by atoms with E-state index in [2.05, 4.69) is 32.0 Å². The van der Waals surface area contributed by atoms with E-state index < -0.39 is 0 Å². The topological polar surface area (TPSA) is 46.2 Å². The van der Waals surface area contributed by atoms with Crippen molar-refractivity contribution in [3.8, 4) is 0 Å². The van der Waals surface area contributed by atoms with Crippen molar-refractivity contribution in [2.24, 2.45) is 11.7 Å². The Morgan fingerprint density at radius 3 is 2.62 bits per heavy atom. The minimum Gasteiger partial charge on any atom is -0.396 e. The lowest BCUT2D eigenvalue weighted by Crippen LogP contribution is -2.47. The molecular weight excluding hydrogens is 294 g/mol.